The zero-order valence-corrected chi connectivity index (χ0v) is 14.1. The van der Waals surface area contributed by atoms with Crippen LogP contribution in [0.3, 0.4) is 0 Å². The van der Waals surface area contributed by atoms with E-state index in [1.165, 1.54) is 12.3 Å². The lowest BCUT2D eigenvalue weighted by molar-refractivity contribution is 0.0950. The van der Waals surface area contributed by atoms with Gasteiger partial charge in [-0.25, -0.2) is 9.37 Å². The van der Waals surface area contributed by atoms with Gasteiger partial charge in [-0.2, -0.15) is 0 Å². The zero-order valence-electron chi connectivity index (χ0n) is 14.1. The maximum absolute atomic E-state index is 13.5. The maximum atomic E-state index is 13.5. The second-order valence-electron chi connectivity index (χ2n) is 5.76. The summed E-state index contributed by atoms with van der Waals surface area (Å²) in [5.74, 6) is 0.329. The van der Waals surface area contributed by atoms with E-state index in [2.05, 4.69) is 15.6 Å². The summed E-state index contributed by atoms with van der Waals surface area (Å²) in [6.07, 6.45) is 2.11. The summed E-state index contributed by atoms with van der Waals surface area (Å²) >= 11 is 0. The van der Waals surface area contributed by atoms with Gasteiger partial charge >= 0.3 is 0 Å². The molecule has 1 heterocycles. The van der Waals surface area contributed by atoms with Crippen molar-refractivity contribution in [3.05, 3.63) is 59.5 Å². The average Bonchev–Trinajstić information content (AvgIpc) is 2.57. The molecule has 2 aromatic rings. The number of hydrogen-bond donors (Lipinski definition) is 2. The SMILES string of the molecule is CN(C)CCNC(=O)c1ccc(NCCc2ccccc2F)nc1. The smallest absolute Gasteiger partial charge is 0.252 e. The molecule has 0 atom stereocenters. The van der Waals surface area contributed by atoms with E-state index in [4.69, 9.17) is 0 Å². The van der Waals surface area contributed by atoms with Crippen molar-refractivity contribution in [2.24, 2.45) is 0 Å². The van der Waals surface area contributed by atoms with Gasteiger partial charge in [-0.15, -0.1) is 0 Å². The molecule has 1 aromatic heterocycles. The highest BCUT2D eigenvalue weighted by molar-refractivity contribution is 5.94. The third kappa shape index (κ3) is 5.62. The molecular formula is C18H23FN4O. The van der Waals surface area contributed by atoms with Gasteiger partial charge in [0, 0.05) is 25.8 Å². The van der Waals surface area contributed by atoms with Crippen molar-refractivity contribution >= 4 is 11.7 Å². The molecule has 0 bridgehead atoms. The molecule has 0 unspecified atom stereocenters. The van der Waals surface area contributed by atoms with E-state index < -0.39 is 0 Å². The lowest BCUT2D eigenvalue weighted by atomic mass is 10.1. The van der Waals surface area contributed by atoms with Gasteiger partial charge in [-0.05, 0) is 44.3 Å². The largest absolute Gasteiger partial charge is 0.370 e. The number of amides is 1. The Kier molecular flexibility index (Phi) is 6.69. The molecule has 0 radical (unpaired) electrons. The highest BCUT2D eigenvalue weighted by Crippen LogP contribution is 2.09. The van der Waals surface area contributed by atoms with Gasteiger partial charge in [0.15, 0.2) is 0 Å². The van der Waals surface area contributed by atoms with E-state index in [0.29, 0.717) is 36.5 Å². The Labute approximate surface area is 141 Å². The molecule has 0 saturated carbocycles. The lowest BCUT2D eigenvalue weighted by Gasteiger charge is -2.10. The third-order valence-corrected chi connectivity index (χ3v) is 3.53. The molecule has 6 heteroatoms. The maximum Gasteiger partial charge on any atom is 0.252 e. The first-order chi connectivity index (χ1) is 11.6. The standard InChI is InChI=1S/C18H23FN4O/c1-23(2)12-11-21-18(24)15-7-8-17(22-13-15)20-10-9-14-5-3-4-6-16(14)19/h3-8,13H,9-12H2,1-2H3,(H,20,22)(H,21,24). The first-order valence-corrected chi connectivity index (χ1v) is 7.92. The zero-order chi connectivity index (χ0) is 17.4. The first-order valence-electron chi connectivity index (χ1n) is 7.92. The van der Waals surface area contributed by atoms with Gasteiger partial charge in [0.1, 0.15) is 11.6 Å². The van der Waals surface area contributed by atoms with E-state index in [9.17, 15) is 9.18 Å². The molecule has 1 amide bonds. The minimum atomic E-state index is -0.197. The fraction of sp³-hybridized carbons (Fsp3) is 0.333. The predicted molar refractivity (Wildman–Crippen MR) is 93.7 cm³/mol. The van der Waals surface area contributed by atoms with Crippen molar-refractivity contribution in [3.8, 4) is 0 Å². The van der Waals surface area contributed by atoms with Gasteiger partial charge in [0.05, 0.1) is 5.56 Å². The van der Waals surface area contributed by atoms with Crippen molar-refractivity contribution in [2.45, 2.75) is 6.42 Å². The molecule has 0 fully saturated rings. The van der Waals surface area contributed by atoms with Gasteiger partial charge in [-0.1, -0.05) is 18.2 Å². The number of likely N-dealkylation sites (N-methyl/N-ethyl adjacent to an activating group) is 1. The number of halogens is 1. The van der Waals surface area contributed by atoms with Gasteiger partial charge < -0.3 is 15.5 Å². The molecule has 0 spiro atoms. The normalized spacial score (nSPS) is 10.7. The first kappa shape index (κ1) is 17.9. The van der Waals surface area contributed by atoms with E-state index >= 15 is 0 Å². The summed E-state index contributed by atoms with van der Waals surface area (Å²) in [7, 11) is 3.91. The van der Waals surface area contributed by atoms with Crippen molar-refractivity contribution in [2.75, 3.05) is 39.0 Å². The summed E-state index contributed by atoms with van der Waals surface area (Å²) in [4.78, 5) is 18.2. The van der Waals surface area contributed by atoms with Crippen LogP contribution in [0, 0.1) is 5.82 Å². The highest BCUT2D eigenvalue weighted by atomic mass is 19.1. The van der Waals surface area contributed by atoms with Crippen LogP contribution in [0.2, 0.25) is 0 Å². The molecule has 2 N–H and O–H groups in total. The number of carbonyl (C=O) groups excluding carboxylic acids is 1. The fourth-order valence-corrected chi connectivity index (χ4v) is 2.15. The Balaban J connectivity index is 1.79. The number of pyridine rings is 1. The Hall–Kier alpha value is -2.47. The van der Waals surface area contributed by atoms with E-state index in [1.807, 2.05) is 25.1 Å². The van der Waals surface area contributed by atoms with Gasteiger partial charge in [-0.3, -0.25) is 4.79 Å². The summed E-state index contributed by atoms with van der Waals surface area (Å²) in [6.45, 7) is 1.95. The number of carbonyl (C=O) groups is 1. The number of rotatable bonds is 8. The van der Waals surface area contributed by atoms with Crippen LogP contribution in [-0.4, -0.2) is 49.5 Å². The molecule has 2 rings (SSSR count). The Bertz CT molecular complexity index is 658. The second-order valence-corrected chi connectivity index (χ2v) is 5.76. The van der Waals surface area contributed by atoms with Crippen molar-refractivity contribution < 1.29 is 9.18 Å². The Morgan fingerprint density at radius 2 is 1.96 bits per heavy atom. The lowest BCUT2D eigenvalue weighted by Crippen LogP contribution is -2.31. The summed E-state index contributed by atoms with van der Waals surface area (Å²) in [5, 5.41) is 5.97. The molecule has 0 saturated heterocycles. The van der Waals surface area contributed by atoms with Crippen LogP contribution >= 0.6 is 0 Å². The summed E-state index contributed by atoms with van der Waals surface area (Å²) in [6, 6.07) is 10.2. The second kappa shape index (κ2) is 8.98. The monoisotopic (exact) mass is 330 g/mol. The van der Waals surface area contributed by atoms with Crippen LogP contribution in [0.1, 0.15) is 15.9 Å². The number of nitrogens with one attached hydrogen (secondary N) is 2. The van der Waals surface area contributed by atoms with Crippen molar-refractivity contribution in [1.29, 1.82) is 0 Å². The van der Waals surface area contributed by atoms with E-state index in [0.717, 1.165) is 6.54 Å². The minimum absolute atomic E-state index is 0.137. The van der Waals surface area contributed by atoms with Gasteiger partial charge in [0.25, 0.3) is 5.91 Å². The van der Waals surface area contributed by atoms with Crippen LogP contribution < -0.4 is 10.6 Å². The molecular weight excluding hydrogens is 307 g/mol. The topological polar surface area (TPSA) is 57.3 Å². The van der Waals surface area contributed by atoms with Crippen LogP contribution in [0.25, 0.3) is 0 Å². The van der Waals surface area contributed by atoms with Crippen LogP contribution in [0.5, 0.6) is 0 Å². The molecule has 1 aromatic carbocycles. The molecule has 0 aliphatic heterocycles. The van der Waals surface area contributed by atoms with Crippen LogP contribution in [-0.2, 0) is 6.42 Å². The number of hydrogen-bond acceptors (Lipinski definition) is 4. The average molecular weight is 330 g/mol. The van der Waals surface area contributed by atoms with E-state index in [1.54, 1.807) is 24.3 Å². The van der Waals surface area contributed by atoms with Gasteiger partial charge in [0.2, 0.25) is 0 Å². The highest BCUT2D eigenvalue weighted by Gasteiger charge is 2.06. The van der Waals surface area contributed by atoms with E-state index in [-0.39, 0.29) is 11.7 Å². The number of nitrogens with zero attached hydrogens (tertiary/aromatic N) is 2. The quantitative estimate of drug-likeness (QED) is 0.779. The Morgan fingerprint density at radius 3 is 2.62 bits per heavy atom. The molecule has 128 valence electrons. The predicted octanol–water partition coefficient (Wildman–Crippen LogP) is 2.17. The molecule has 24 heavy (non-hydrogen) atoms. The molecule has 0 aliphatic carbocycles. The molecule has 0 aliphatic rings. The number of anilines is 1. The summed E-state index contributed by atoms with van der Waals surface area (Å²) in [5.41, 5.74) is 1.19. The number of aromatic nitrogens is 1. The fourth-order valence-electron chi connectivity index (χ4n) is 2.15. The third-order valence-electron chi connectivity index (χ3n) is 3.53. The van der Waals surface area contributed by atoms with Crippen molar-refractivity contribution in [1.82, 2.24) is 15.2 Å². The summed E-state index contributed by atoms with van der Waals surface area (Å²) < 4.78 is 13.5. The molecule has 5 nitrogen and oxygen atoms in total. The van der Waals surface area contributed by atoms with Crippen LogP contribution in [0.4, 0.5) is 10.2 Å². The minimum Gasteiger partial charge on any atom is -0.370 e. The van der Waals surface area contributed by atoms with Crippen LogP contribution in [0.15, 0.2) is 42.6 Å². The Morgan fingerprint density at radius 1 is 1.17 bits per heavy atom. The number of benzene rings is 1. The van der Waals surface area contributed by atoms with Crippen molar-refractivity contribution in [3.63, 3.8) is 0 Å².